The summed E-state index contributed by atoms with van der Waals surface area (Å²) in [6.45, 7) is 0.853. The highest BCUT2D eigenvalue weighted by atomic mass is 79.9. The second-order valence-electron chi connectivity index (χ2n) is 4.31. The molecular formula is C15H11BrN2O2. The van der Waals surface area contributed by atoms with Crippen LogP contribution in [0.1, 0.15) is 11.1 Å². The van der Waals surface area contributed by atoms with Crippen LogP contribution in [-0.4, -0.2) is 6.79 Å². The molecule has 5 heteroatoms. The van der Waals surface area contributed by atoms with Crippen molar-refractivity contribution in [1.29, 1.82) is 5.26 Å². The number of halogens is 1. The van der Waals surface area contributed by atoms with E-state index < -0.39 is 0 Å². The third-order valence-corrected chi connectivity index (χ3v) is 3.80. The number of nitrogens with one attached hydrogen (secondary N) is 1. The van der Waals surface area contributed by atoms with Gasteiger partial charge in [0, 0.05) is 11.0 Å². The number of nitrogens with zero attached hydrogens (tertiary/aromatic N) is 1. The summed E-state index contributed by atoms with van der Waals surface area (Å²) in [7, 11) is 0. The Morgan fingerprint density at radius 1 is 1.20 bits per heavy atom. The molecule has 0 amide bonds. The van der Waals surface area contributed by atoms with Gasteiger partial charge in [0.25, 0.3) is 0 Å². The zero-order valence-electron chi connectivity index (χ0n) is 10.5. The normalized spacial score (nSPS) is 12.0. The van der Waals surface area contributed by atoms with Crippen LogP contribution in [-0.2, 0) is 6.54 Å². The number of nitriles is 1. The van der Waals surface area contributed by atoms with Crippen molar-refractivity contribution < 1.29 is 9.47 Å². The summed E-state index contributed by atoms with van der Waals surface area (Å²) in [6, 6.07) is 13.4. The molecule has 2 aromatic carbocycles. The van der Waals surface area contributed by atoms with E-state index in [0.29, 0.717) is 12.1 Å². The van der Waals surface area contributed by atoms with Gasteiger partial charge in [0.1, 0.15) is 6.07 Å². The molecule has 0 aromatic heterocycles. The van der Waals surface area contributed by atoms with Gasteiger partial charge in [-0.3, -0.25) is 0 Å². The molecule has 0 fully saturated rings. The van der Waals surface area contributed by atoms with Crippen molar-refractivity contribution >= 4 is 21.6 Å². The molecule has 0 bridgehead atoms. The lowest BCUT2D eigenvalue weighted by molar-refractivity contribution is 0.174. The minimum Gasteiger partial charge on any atom is -0.454 e. The summed E-state index contributed by atoms with van der Waals surface area (Å²) in [6.07, 6.45) is 0. The van der Waals surface area contributed by atoms with Crippen LogP contribution in [0, 0.1) is 11.3 Å². The maximum Gasteiger partial charge on any atom is 0.231 e. The van der Waals surface area contributed by atoms with Crippen molar-refractivity contribution in [3.63, 3.8) is 0 Å². The van der Waals surface area contributed by atoms with Crippen molar-refractivity contribution in [2.75, 3.05) is 12.1 Å². The predicted molar refractivity (Wildman–Crippen MR) is 78.7 cm³/mol. The largest absolute Gasteiger partial charge is 0.454 e. The quantitative estimate of drug-likeness (QED) is 0.933. The summed E-state index contributed by atoms with van der Waals surface area (Å²) in [5, 5.41) is 12.3. The third-order valence-electron chi connectivity index (χ3n) is 3.06. The summed E-state index contributed by atoms with van der Waals surface area (Å²) in [5.74, 6) is 1.50. The van der Waals surface area contributed by atoms with Crippen molar-refractivity contribution in [3.8, 4) is 17.6 Å². The Balaban J connectivity index is 1.81. The Hall–Kier alpha value is -2.19. The molecule has 0 radical (unpaired) electrons. The lowest BCUT2D eigenvalue weighted by Gasteiger charge is -2.10. The van der Waals surface area contributed by atoms with E-state index in [1.54, 1.807) is 6.07 Å². The Kier molecular flexibility index (Phi) is 3.48. The van der Waals surface area contributed by atoms with Gasteiger partial charge in [-0.2, -0.15) is 5.26 Å². The minimum atomic E-state index is 0.260. The molecule has 100 valence electrons. The monoisotopic (exact) mass is 330 g/mol. The van der Waals surface area contributed by atoms with Crippen molar-refractivity contribution in [2.24, 2.45) is 0 Å². The maximum atomic E-state index is 9.06. The second-order valence-corrected chi connectivity index (χ2v) is 5.16. The zero-order valence-corrected chi connectivity index (χ0v) is 12.1. The molecule has 3 rings (SSSR count). The number of hydrogen-bond donors (Lipinski definition) is 1. The molecular weight excluding hydrogens is 320 g/mol. The van der Waals surface area contributed by atoms with E-state index in [1.807, 2.05) is 30.3 Å². The number of hydrogen-bond acceptors (Lipinski definition) is 4. The van der Waals surface area contributed by atoms with Gasteiger partial charge in [-0.1, -0.05) is 28.1 Å². The molecule has 0 unspecified atom stereocenters. The topological polar surface area (TPSA) is 54.3 Å². The Bertz CT molecular complexity index is 695. The van der Waals surface area contributed by atoms with Crippen LogP contribution in [0.5, 0.6) is 11.5 Å². The third kappa shape index (κ3) is 2.43. The van der Waals surface area contributed by atoms with Gasteiger partial charge in [0.05, 0.1) is 11.3 Å². The van der Waals surface area contributed by atoms with Crippen LogP contribution in [0.2, 0.25) is 0 Å². The lowest BCUT2D eigenvalue weighted by atomic mass is 10.1. The Morgan fingerprint density at radius 3 is 2.75 bits per heavy atom. The van der Waals surface area contributed by atoms with Crippen LogP contribution >= 0.6 is 15.9 Å². The van der Waals surface area contributed by atoms with Crippen LogP contribution in [0.15, 0.2) is 40.9 Å². The molecule has 20 heavy (non-hydrogen) atoms. The fourth-order valence-electron chi connectivity index (χ4n) is 2.02. The SMILES string of the molecule is N#Cc1ccccc1NCc1cc2c(cc1Br)OCO2. The summed E-state index contributed by atoms with van der Waals surface area (Å²) >= 11 is 3.52. The van der Waals surface area contributed by atoms with Gasteiger partial charge in [0.15, 0.2) is 11.5 Å². The highest BCUT2D eigenvalue weighted by Crippen LogP contribution is 2.37. The molecule has 1 aliphatic rings. The van der Waals surface area contributed by atoms with Gasteiger partial charge < -0.3 is 14.8 Å². The molecule has 0 atom stereocenters. The average molecular weight is 331 g/mol. The number of anilines is 1. The molecule has 0 saturated carbocycles. The van der Waals surface area contributed by atoms with Crippen molar-refractivity contribution in [1.82, 2.24) is 0 Å². The number of benzene rings is 2. The van der Waals surface area contributed by atoms with Gasteiger partial charge in [-0.15, -0.1) is 0 Å². The first-order valence-corrected chi connectivity index (χ1v) is 6.88. The van der Waals surface area contributed by atoms with Gasteiger partial charge in [-0.05, 0) is 29.8 Å². The van der Waals surface area contributed by atoms with Gasteiger partial charge in [-0.25, -0.2) is 0 Å². The first-order valence-electron chi connectivity index (χ1n) is 6.09. The second kappa shape index (κ2) is 5.43. The average Bonchev–Trinajstić information content (AvgIpc) is 2.92. The van der Waals surface area contributed by atoms with E-state index in [-0.39, 0.29) is 6.79 Å². The number of fused-ring (bicyclic) bond motifs is 1. The van der Waals surface area contributed by atoms with Crippen LogP contribution in [0.25, 0.3) is 0 Å². The van der Waals surface area contributed by atoms with Crippen molar-refractivity contribution in [2.45, 2.75) is 6.54 Å². The fraction of sp³-hybridized carbons (Fsp3) is 0.133. The minimum absolute atomic E-state index is 0.260. The zero-order chi connectivity index (χ0) is 13.9. The first kappa shape index (κ1) is 12.8. The highest BCUT2D eigenvalue weighted by Gasteiger charge is 2.16. The van der Waals surface area contributed by atoms with E-state index in [2.05, 4.69) is 27.3 Å². The number of rotatable bonds is 3. The molecule has 4 nitrogen and oxygen atoms in total. The first-order chi connectivity index (χ1) is 9.78. The standard InChI is InChI=1S/C15H11BrN2O2/c16-12-6-15-14(19-9-20-15)5-11(12)8-18-13-4-2-1-3-10(13)7-17/h1-6,18H,8-9H2. The lowest BCUT2D eigenvalue weighted by Crippen LogP contribution is -2.02. The molecule has 2 aromatic rings. The summed E-state index contributed by atoms with van der Waals surface area (Å²) in [4.78, 5) is 0. The number of ether oxygens (including phenoxy) is 2. The number of para-hydroxylation sites is 1. The fourth-order valence-corrected chi connectivity index (χ4v) is 2.48. The summed E-state index contributed by atoms with van der Waals surface area (Å²) < 4.78 is 11.6. The molecule has 0 saturated heterocycles. The predicted octanol–water partition coefficient (Wildman–Crippen LogP) is 3.66. The molecule has 0 aliphatic carbocycles. The van der Waals surface area contributed by atoms with Crippen LogP contribution < -0.4 is 14.8 Å². The maximum absolute atomic E-state index is 9.06. The van der Waals surface area contributed by atoms with E-state index in [1.165, 1.54) is 0 Å². The summed E-state index contributed by atoms with van der Waals surface area (Å²) in [5.41, 5.74) is 2.49. The molecule has 1 aliphatic heterocycles. The van der Waals surface area contributed by atoms with E-state index >= 15 is 0 Å². The van der Waals surface area contributed by atoms with E-state index in [9.17, 15) is 0 Å². The molecule has 1 N–H and O–H groups in total. The van der Waals surface area contributed by atoms with Gasteiger partial charge in [0.2, 0.25) is 6.79 Å². The van der Waals surface area contributed by atoms with Crippen LogP contribution in [0.4, 0.5) is 5.69 Å². The molecule has 0 spiro atoms. The smallest absolute Gasteiger partial charge is 0.231 e. The highest BCUT2D eigenvalue weighted by molar-refractivity contribution is 9.10. The van der Waals surface area contributed by atoms with E-state index in [4.69, 9.17) is 14.7 Å². The van der Waals surface area contributed by atoms with Crippen molar-refractivity contribution in [3.05, 3.63) is 52.0 Å². The molecule has 1 heterocycles. The van der Waals surface area contributed by atoms with E-state index in [0.717, 1.165) is 27.2 Å². The Labute approximate surface area is 125 Å². The van der Waals surface area contributed by atoms with Gasteiger partial charge >= 0.3 is 0 Å². The Morgan fingerprint density at radius 2 is 1.95 bits per heavy atom. The van der Waals surface area contributed by atoms with Crippen LogP contribution in [0.3, 0.4) is 0 Å².